The van der Waals surface area contributed by atoms with Crippen molar-refractivity contribution in [1.29, 1.82) is 0 Å². The molecule has 9 heteroatoms. The summed E-state index contributed by atoms with van der Waals surface area (Å²) in [6, 6.07) is 6.20. The summed E-state index contributed by atoms with van der Waals surface area (Å²) in [7, 11) is 0. The molecule has 0 atom stereocenters. The van der Waals surface area contributed by atoms with Crippen molar-refractivity contribution < 1.29 is 18.3 Å². The number of morpholine rings is 1. The first kappa shape index (κ1) is 19.5. The Morgan fingerprint density at radius 3 is 2.52 bits per heavy atom. The molecular formula is C22H19F2N5O2. The SMILES string of the molecule is O=Cc1c(F)ccc(-c2nc(N3CCOCC3)nc3c2CCN3c2ccncc2)c1F. The van der Waals surface area contributed by atoms with E-state index in [4.69, 9.17) is 9.72 Å². The smallest absolute Gasteiger partial charge is 0.228 e. The van der Waals surface area contributed by atoms with Gasteiger partial charge in [-0.15, -0.1) is 0 Å². The Kier molecular flexibility index (Phi) is 5.03. The molecule has 0 spiro atoms. The maximum absolute atomic E-state index is 15.1. The fraction of sp³-hybridized carbons (Fsp3) is 0.273. The molecule has 0 saturated carbocycles. The van der Waals surface area contributed by atoms with Crippen molar-refractivity contribution in [2.75, 3.05) is 42.6 Å². The quantitative estimate of drug-likeness (QED) is 0.597. The second kappa shape index (κ2) is 7.99. The number of anilines is 3. The molecule has 1 aromatic carbocycles. The minimum Gasteiger partial charge on any atom is -0.378 e. The summed E-state index contributed by atoms with van der Waals surface area (Å²) in [5.74, 6) is -0.677. The maximum Gasteiger partial charge on any atom is 0.228 e. The van der Waals surface area contributed by atoms with Crippen molar-refractivity contribution in [2.24, 2.45) is 0 Å². The topological polar surface area (TPSA) is 71.5 Å². The molecule has 7 nitrogen and oxygen atoms in total. The van der Waals surface area contributed by atoms with Gasteiger partial charge in [0.2, 0.25) is 5.95 Å². The standard InChI is InChI=1S/C22H19F2N5O2/c23-18-2-1-15(19(24)17(18)13-30)20-16-5-8-29(14-3-6-25-7-4-14)21(16)27-22(26-20)28-9-11-31-12-10-28/h1-4,6-7,13H,5,8-12H2. The lowest BCUT2D eigenvalue weighted by atomic mass is 10.0. The van der Waals surface area contributed by atoms with Gasteiger partial charge in [0.25, 0.3) is 0 Å². The molecule has 3 aromatic rings. The Morgan fingerprint density at radius 2 is 1.77 bits per heavy atom. The number of pyridine rings is 1. The van der Waals surface area contributed by atoms with Crippen LogP contribution in [0.5, 0.6) is 0 Å². The number of carbonyl (C=O) groups is 1. The number of aromatic nitrogens is 3. The summed E-state index contributed by atoms with van der Waals surface area (Å²) in [5.41, 5.74) is 1.55. The van der Waals surface area contributed by atoms with Crippen LogP contribution in [0.2, 0.25) is 0 Å². The average molecular weight is 423 g/mol. The molecular weight excluding hydrogens is 404 g/mol. The highest BCUT2D eigenvalue weighted by Gasteiger charge is 2.30. The number of aldehydes is 1. The summed E-state index contributed by atoms with van der Waals surface area (Å²) in [4.78, 5) is 28.8. The third kappa shape index (κ3) is 3.40. The first-order valence-corrected chi connectivity index (χ1v) is 10.0. The second-order valence-electron chi connectivity index (χ2n) is 7.32. The Balaban J connectivity index is 1.70. The summed E-state index contributed by atoms with van der Waals surface area (Å²) >= 11 is 0. The fourth-order valence-corrected chi connectivity index (χ4v) is 4.01. The summed E-state index contributed by atoms with van der Waals surface area (Å²) < 4.78 is 34.5. The molecule has 2 aliphatic heterocycles. The molecule has 5 rings (SSSR count). The largest absolute Gasteiger partial charge is 0.378 e. The molecule has 2 aliphatic rings. The summed E-state index contributed by atoms with van der Waals surface area (Å²) in [5, 5.41) is 0. The number of rotatable bonds is 4. The number of nitrogens with zero attached hydrogens (tertiary/aromatic N) is 5. The normalized spacial score (nSPS) is 15.8. The van der Waals surface area contributed by atoms with E-state index >= 15 is 4.39 Å². The molecule has 0 N–H and O–H groups in total. The lowest BCUT2D eigenvalue weighted by Gasteiger charge is -2.28. The second-order valence-corrected chi connectivity index (χ2v) is 7.32. The maximum atomic E-state index is 15.1. The Bertz CT molecular complexity index is 1140. The zero-order chi connectivity index (χ0) is 21.4. The number of halogens is 2. The van der Waals surface area contributed by atoms with Gasteiger partial charge in [0.05, 0.1) is 24.5 Å². The van der Waals surface area contributed by atoms with Gasteiger partial charge in [0.1, 0.15) is 17.5 Å². The average Bonchev–Trinajstić information content (AvgIpc) is 3.24. The van der Waals surface area contributed by atoms with Crippen molar-refractivity contribution in [3.8, 4) is 11.3 Å². The van der Waals surface area contributed by atoms with E-state index in [0.29, 0.717) is 56.7 Å². The van der Waals surface area contributed by atoms with E-state index in [1.165, 1.54) is 6.07 Å². The first-order chi connectivity index (χ1) is 15.2. The lowest BCUT2D eigenvalue weighted by Crippen LogP contribution is -2.37. The molecule has 158 valence electrons. The molecule has 0 aliphatic carbocycles. The lowest BCUT2D eigenvalue weighted by molar-refractivity contribution is 0.111. The van der Waals surface area contributed by atoms with E-state index in [9.17, 15) is 9.18 Å². The van der Waals surface area contributed by atoms with Crippen LogP contribution in [0.25, 0.3) is 11.3 Å². The molecule has 0 unspecified atom stereocenters. The number of benzene rings is 1. The van der Waals surface area contributed by atoms with E-state index in [2.05, 4.69) is 9.97 Å². The van der Waals surface area contributed by atoms with E-state index in [1.807, 2.05) is 21.9 Å². The van der Waals surface area contributed by atoms with E-state index in [-0.39, 0.29) is 11.8 Å². The summed E-state index contributed by atoms with van der Waals surface area (Å²) in [6.45, 7) is 2.95. The van der Waals surface area contributed by atoms with E-state index in [1.54, 1.807) is 12.4 Å². The third-order valence-electron chi connectivity index (χ3n) is 5.58. The van der Waals surface area contributed by atoms with Crippen molar-refractivity contribution in [3.05, 3.63) is 59.4 Å². The molecule has 4 heterocycles. The van der Waals surface area contributed by atoms with Gasteiger partial charge < -0.3 is 14.5 Å². The number of fused-ring (bicyclic) bond motifs is 1. The molecule has 0 bridgehead atoms. The minimum absolute atomic E-state index is 0.0910. The van der Waals surface area contributed by atoms with E-state index in [0.717, 1.165) is 17.3 Å². The molecule has 0 radical (unpaired) electrons. The van der Waals surface area contributed by atoms with Crippen molar-refractivity contribution in [1.82, 2.24) is 15.0 Å². The van der Waals surface area contributed by atoms with Crippen LogP contribution in [0.15, 0.2) is 36.7 Å². The van der Waals surface area contributed by atoms with Crippen molar-refractivity contribution in [2.45, 2.75) is 6.42 Å². The highest BCUT2D eigenvalue weighted by Crippen LogP contribution is 2.40. The zero-order valence-electron chi connectivity index (χ0n) is 16.6. The molecule has 1 saturated heterocycles. The van der Waals surface area contributed by atoms with Gasteiger partial charge >= 0.3 is 0 Å². The van der Waals surface area contributed by atoms with Crippen LogP contribution in [-0.2, 0) is 11.2 Å². The molecule has 1 fully saturated rings. The minimum atomic E-state index is -0.911. The number of carbonyl (C=O) groups excluding carboxylic acids is 1. The third-order valence-corrected chi connectivity index (χ3v) is 5.58. The van der Waals surface area contributed by atoms with Crippen LogP contribution in [0.4, 0.5) is 26.2 Å². The number of hydrogen-bond acceptors (Lipinski definition) is 7. The van der Waals surface area contributed by atoms with Crippen LogP contribution < -0.4 is 9.80 Å². The predicted octanol–water partition coefficient (Wildman–Crippen LogP) is 3.16. The highest BCUT2D eigenvalue weighted by atomic mass is 19.1. The first-order valence-electron chi connectivity index (χ1n) is 10.0. The number of ether oxygens (including phenoxy) is 1. The monoisotopic (exact) mass is 423 g/mol. The van der Waals surface area contributed by atoms with Gasteiger partial charge in [-0.1, -0.05) is 0 Å². The molecule has 2 aromatic heterocycles. The van der Waals surface area contributed by atoms with Gasteiger partial charge in [0, 0.05) is 48.8 Å². The van der Waals surface area contributed by atoms with Gasteiger partial charge in [-0.2, -0.15) is 4.98 Å². The van der Waals surface area contributed by atoms with Gasteiger partial charge in [-0.25, -0.2) is 13.8 Å². The van der Waals surface area contributed by atoms with Gasteiger partial charge in [-0.05, 0) is 30.7 Å². The van der Waals surface area contributed by atoms with Crippen LogP contribution >= 0.6 is 0 Å². The Labute approximate surface area is 177 Å². The van der Waals surface area contributed by atoms with E-state index < -0.39 is 17.2 Å². The van der Waals surface area contributed by atoms with Crippen LogP contribution in [0.1, 0.15) is 15.9 Å². The molecule has 31 heavy (non-hydrogen) atoms. The highest BCUT2D eigenvalue weighted by molar-refractivity contribution is 5.82. The summed E-state index contributed by atoms with van der Waals surface area (Å²) in [6.07, 6.45) is 4.19. The van der Waals surface area contributed by atoms with Gasteiger partial charge in [-0.3, -0.25) is 9.78 Å². The van der Waals surface area contributed by atoms with Crippen molar-refractivity contribution in [3.63, 3.8) is 0 Å². The Morgan fingerprint density at radius 1 is 1.00 bits per heavy atom. The van der Waals surface area contributed by atoms with Crippen molar-refractivity contribution >= 4 is 23.7 Å². The Hall–Kier alpha value is -3.46. The van der Waals surface area contributed by atoms with Gasteiger partial charge in [0.15, 0.2) is 6.29 Å². The van der Waals surface area contributed by atoms with Crippen LogP contribution in [0.3, 0.4) is 0 Å². The van der Waals surface area contributed by atoms with Crippen LogP contribution in [0, 0.1) is 11.6 Å². The predicted molar refractivity (Wildman–Crippen MR) is 111 cm³/mol. The number of hydrogen-bond donors (Lipinski definition) is 0. The fourth-order valence-electron chi connectivity index (χ4n) is 4.01. The zero-order valence-corrected chi connectivity index (χ0v) is 16.6. The van der Waals surface area contributed by atoms with Crippen LogP contribution in [-0.4, -0.2) is 54.1 Å². The molecule has 0 amide bonds.